The third-order valence-electron chi connectivity index (χ3n) is 5.14. The zero-order valence-corrected chi connectivity index (χ0v) is 19.5. The molecular weight excluding hydrogens is 440 g/mol. The van der Waals surface area contributed by atoms with E-state index in [1.165, 1.54) is 29.6 Å². The van der Waals surface area contributed by atoms with Crippen molar-refractivity contribution >= 4 is 31.6 Å². The Morgan fingerprint density at radius 2 is 1.77 bits per heavy atom. The van der Waals surface area contributed by atoms with Gasteiger partial charge in [0.05, 0.1) is 24.0 Å². The SMILES string of the molecule is CCN(Cc1ccccc1)S(=O)(=O)c1cc(N2C(=O)C(C)(C)CS2(=O)=O)ccc1OC. The summed E-state index contributed by atoms with van der Waals surface area (Å²) in [5, 5.41) is 0. The fraction of sp³-hybridized carbons (Fsp3) is 0.381. The highest BCUT2D eigenvalue weighted by Crippen LogP contribution is 2.39. The molecule has 0 aromatic heterocycles. The highest BCUT2D eigenvalue weighted by molar-refractivity contribution is 7.94. The molecule has 1 aliphatic heterocycles. The second kappa shape index (κ2) is 8.25. The molecule has 1 amide bonds. The third-order valence-corrected chi connectivity index (χ3v) is 9.10. The van der Waals surface area contributed by atoms with E-state index in [-0.39, 0.29) is 35.2 Å². The van der Waals surface area contributed by atoms with Crippen LogP contribution in [-0.2, 0) is 31.4 Å². The number of methoxy groups -OCH3 is 1. The van der Waals surface area contributed by atoms with Gasteiger partial charge < -0.3 is 4.74 Å². The molecule has 1 saturated heterocycles. The van der Waals surface area contributed by atoms with E-state index in [1.807, 2.05) is 30.3 Å². The number of sulfonamides is 2. The Morgan fingerprint density at radius 1 is 1.13 bits per heavy atom. The molecule has 0 saturated carbocycles. The van der Waals surface area contributed by atoms with E-state index in [0.717, 1.165) is 5.56 Å². The van der Waals surface area contributed by atoms with Crippen LogP contribution >= 0.6 is 0 Å². The van der Waals surface area contributed by atoms with Gasteiger partial charge in [-0.15, -0.1) is 0 Å². The number of anilines is 1. The summed E-state index contributed by atoms with van der Waals surface area (Å²) < 4.78 is 59.5. The van der Waals surface area contributed by atoms with E-state index in [0.29, 0.717) is 4.31 Å². The Bertz CT molecular complexity index is 1190. The molecule has 3 rings (SSSR count). The molecular formula is C21H26N2O6S2. The van der Waals surface area contributed by atoms with Crippen LogP contribution < -0.4 is 9.04 Å². The molecule has 8 nitrogen and oxygen atoms in total. The van der Waals surface area contributed by atoms with Crippen molar-refractivity contribution in [3.05, 3.63) is 54.1 Å². The standard InChI is InChI=1S/C21H26N2O6S2/c1-5-22(14-16-9-7-6-8-10-16)31(27,28)19-13-17(11-12-18(19)29-4)23-20(24)21(2,3)15-30(23,25)26/h6-13H,5,14-15H2,1-4H3. The van der Waals surface area contributed by atoms with Crippen molar-refractivity contribution < 1.29 is 26.4 Å². The quantitative estimate of drug-likeness (QED) is 0.622. The van der Waals surface area contributed by atoms with Crippen LogP contribution in [0.2, 0.25) is 0 Å². The Kier molecular flexibility index (Phi) is 6.18. The molecule has 0 bridgehead atoms. The number of rotatable bonds is 7. The zero-order valence-electron chi connectivity index (χ0n) is 17.9. The first kappa shape index (κ1) is 23.2. The summed E-state index contributed by atoms with van der Waals surface area (Å²) in [7, 11) is -6.64. The summed E-state index contributed by atoms with van der Waals surface area (Å²) in [4.78, 5) is 12.5. The van der Waals surface area contributed by atoms with Crippen molar-refractivity contribution in [2.45, 2.75) is 32.2 Å². The number of hydrogen-bond acceptors (Lipinski definition) is 6. The molecule has 10 heteroatoms. The summed E-state index contributed by atoms with van der Waals surface area (Å²) in [5.41, 5.74) is -0.312. The topological polar surface area (TPSA) is 101 Å². The fourth-order valence-electron chi connectivity index (χ4n) is 3.55. The monoisotopic (exact) mass is 466 g/mol. The minimum Gasteiger partial charge on any atom is -0.495 e. The normalized spacial score (nSPS) is 17.8. The van der Waals surface area contributed by atoms with Crippen LogP contribution in [0.1, 0.15) is 26.3 Å². The lowest BCUT2D eigenvalue weighted by Gasteiger charge is -2.23. The molecule has 0 atom stereocenters. The fourth-order valence-corrected chi connectivity index (χ4v) is 7.26. The molecule has 1 heterocycles. The van der Waals surface area contributed by atoms with Crippen molar-refractivity contribution in [3.63, 3.8) is 0 Å². The Labute approximate surface area is 183 Å². The van der Waals surface area contributed by atoms with Gasteiger partial charge in [-0.3, -0.25) is 4.79 Å². The van der Waals surface area contributed by atoms with Gasteiger partial charge in [0.25, 0.3) is 0 Å². The number of amides is 1. The van der Waals surface area contributed by atoms with Crippen LogP contribution in [0.15, 0.2) is 53.4 Å². The molecule has 0 N–H and O–H groups in total. The lowest BCUT2D eigenvalue weighted by Crippen LogP contribution is -2.34. The highest BCUT2D eigenvalue weighted by atomic mass is 32.2. The minimum atomic E-state index is -4.05. The van der Waals surface area contributed by atoms with Crippen LogP contribution in [0, 0.1) is 5.41 Å². The van der Waals surface area contributed by atoms with Crippen LogP contribution in [0.4, 0.5) is 5.69 Å². The molecule has 1 fully saturated rings. The molecule has 168 valence electrons. The second-order valence-electron chi connectivity index (χ2n) is 7.96. The maximum Gasteiger partial charge on any atom is 0.247 e. The smallest absolute Gasteiger partial charge is 0.247 e. The molecule has 0 spiro atoms. The average Bonchev–Trinajstić information content (AvgIpc) is 2.88. The highest BCUT2D eigenvalue weighted by Gasteiger charge is 2.50. The number of carbonyl (C=O) groups is 1. The summed E-state index contributed by atoms with van der Waals surface area (Å²) in [6, 6.07) is 13.1. The molecule has 2 aromatic rings. The van der Waals surface area contributed by atoms with Gasteiger partial charge in [-0.25, -0.2) is 21.1 Å². The number of benzene rings is 2. The molecule has 31 heavy (non-hydrogen) atoms. The largest absolute Gasteiger partial charge is 0.495 e. The van der Waals surface area contributed by atoms with E-state index in [1.54, 1.807) is 20.8 Å². The first-order chi connectivity index (χ1) is 14.4. The summed E-state index contributed by atoms with van der Waals surface area (Å²) in [5.74, 6) is -0.876. The Morgan fingerprint density at radius 3 is 2.29 bits per heavy atom. The molecule has 0 radical (unpaired) electrons. The lowest BCUT2D eigenvalue weighted by atomic mass is 9.95. The summed E-state index contributed by atoms with van der Waals surface area (Å²) >= 11 is 0. The number of ether oxygens (including phenoxy) is 1. The average molecular weight is 467 g/mol. The third kappa shape index (κ3) is 4.32. The van der Waals surface area contributed by atoms with Crippen LogP contribution in [-0.4, -0.2) is 46.5 Å². The first-order valence-electron chi connectivity index (χ1n) is 9.73. The zero-order chi connectivity index (χ0) is 23.0. The van der Waals surface area contributed by atoms with Crippen LogP contribution in [0.25, 0.3) is 0 Å². The van der Waals surface area contributed by atoms with E-state index >= 15 is 0 Å². The van der Waals surface area contributed by atoms with Gasteiger partial charge in [-0.1, -0.05) is 37.3 Å². The summed E-state index contributed by atoms with van der Waals surface area (Å²) in [6.07, 6.45) is 0. The van der Waals surface area contributed by atoms with E-state index < -0.39 is 31.4 Å². The number of carbonyl (C=O) groups excluding carboxylic acids is 1. The van der Waals surface area contributed by atoms with Crippen LogP contribution in [0.5, 0.6) is 5.75 Å². The van der Waals surface area contributed by atoms with Crippen LogP contribution in [0.3, 0.4) is 0 Å². The molecule has 0 unspecified atom stereocenters. The van der Waals surface area contributed by atoms with Crippen molar-refractivity contribution in [1.82, 2.24) is 4.31 Å². The van der Waals surface area contributed by atoms with Gasteiger partial charge in [0.2, 0.25) is 26.0 Å². The maximum absolute atomic E-state index is 13.5. The molecule has 0 aliphatic carbocycles. The Balaban J connectivity index is 2.09. The Hall–Kier alpha value is -2.43. The predicted octanol–water partition coefficient (Wildman–Crippen LogP) is 2.61. The number of hydrogen-bond donors (Lipinski definition) is 0. The predicted molar refractivity (Wildman–Crippen MR) is 118 cm³/mol. The molecule has 1 aliphatic rings. The van der Waals surface area contributed by atoms with E-state index in [2.05, 4.69) is 0 Å². The van der Waals surface area contributed by atoms with Crippen molar-refractivity contribution in [3.8, 4) is 5.75 Å². The van der Waals surface area contributed by atoms with Crippen molar-refractivity contribution in [2.75, 3.05) is 23.7 Å². The maximum atomic E-state index is 13.5. The second-order valence-corrected chi connectivity index (χ2v) is 11.7. The summed E-state index contributed by atoms with van der Waals surface area (Å²) in [6.45, 7) is 5.15. The number of nitrogens with zero attached hydrogens (tertiary/aromatic N) is 2. The van der Waals surface area contributed by atoms with Gasteiger partial charge in [-0.05, 0) is 37.6 Å². The van der Waals surface area contributed by atoms with Crippen molar-refractivity contribution in [2.24, 2.45) is 5.41 Å². The molecule has 2 aromatic carbocycles. The van der Waals surface area contributed by atoms with Gasteiger partial charge >= 0.3 is 0 Å². The van der Waals surface area contributed by atoms with E-state index in [9.17, 15) is 21.6 Å². The van der Waals surface area contributed by atoms with Gasteiger partial charge in [0, 0.05) is 13.1 Å². The van der Waals surface area contributed by atoms with Crippen molar-refractivity contribution in [1.29, 1.82) is 0 Å². The lowest BCUT2D eigenvalue weighted by molar-refractivity contribution is -0.123. The minimum absolute atomic E-state index is 0.0225. The first-order valence-corrected chi connectivity index (χ1v) is 12.8. The van der Waals surface area contributed by atoms with Gasteiger partial charge in [0.15, 0.2) is 0 Å². The van der Waals surface area contributed by atoms with Gasteiger partial charge in [0.1, 0.15) is 10.6 Å². The van der Waals surface area contributed by atoms with Gasteiger partial charge in [-0.2, -0.15) is 4.31 Å². The van der Waals surface area contributed by atoms with E-state index in [4.69, 9.17) is 4.74 Å².